The average Bonchev–Trinajstić information content (AvgIpc) is 3.18. The zero-order valence-corrected chi connectivity index (χ0v) is 13.6. The molecular formula is C17H15NO4S. The second kappa shape index (κ2) is 6.66. The molecule has 0 N–H and O–H groups in total. The number of rotatable bonds is 5. The van der Waals surface area contributed by atoms with E-state index in [1.54, 1.807) is 25.1 Å². The van der Waals surface area contributed by atoms with E-state index in [1.165, 1.54) is 18.4 Å². The molecule has 0 atom stereocenters. The third kappa shape index (κ3) is 3.43. The Balaban J connectivity index is 1.73. The van der Waals surface area contributed by atoms with Crippen molar-refractivity contribution >= 4 is 17.3 Å². The fourth-order valence-electron chi connectivity index (χ4n) is 2.10. The van der Waals surface area contributed by atoms with Crippen molar-refractivity contribution in [3.05, 3.63) is 53.2 Å². The Morgan fingerprint density at radius 3 is 2.70 bits per heavy atom. The van der Waals surface area contributed by atoms with E-state index < -0.39 is 5.97 Å². The highest BCUT2D eigenvalue weighted by Gasteiger charge is 2.17. The molecule has 0 bridgehead atoms. The van der Waals surface area contributed by atoms with Gasteiger partial charge in [0, 0.05) is 0 Å². The quantitative estimate of drug-likeness (QED) is 0.525. The van der Waals surface area contributed by atoms with Crippen LogP contribution in [0.5, 0.6) is 11.5 Å². The van der Waals surface area contributed by atoms with E-state index in [0.717, 1.165) is 4.88 Å². The lowest BCUT2D eigenvalue weighted by Crippen LogP contribution is -2.12. The number of para-hydroxylation sites is 2. The third-order valence-electron chi connectivity index (χ3n) is 3.23. The molecule has 5 nitrogen and oxygen atoms in total. The maximum atomic E-state index is 12.1. The summed E-state index contributed by atoms with van der Waals surface area (Å²) in [5, 5.41) is 1.95. The summed E-state index contributed by atoms with van der Waals surface area (Å²) in [7, 11) is 1.53. The highest BCUT2D eigenvalue weighted by atomic mass is 32.1. The van der Waals surface area contributed by atoms with Crippen LogP contribution in [0.2, 0.25) is 0 Å². The maximum Gasteiger partial charge on any atom is 0.317 e. The minimum atomic E-state index is -0.413. The third-order valence-corrected chi connectivity index (χ3v) is 4.09. The van der Waals surface area contributed by atoms with Gasteiger partial charge in [0.15, 0.2) is 11.5 Å². The predicted molar refractivity (Wildman–Crippen MR) is 86.9 cm³/mol. The molecule has 0 amide bonds. The van der Waals surface area contributed by atoms with E-state index >= 15 is 0 Å². The van der Waals surface area contributed by atoms with Crippen LogP contribution in [0.15, 0.2) is 46.2 Å². The first-order chi connectivity index (χ1) is 11.2. The van der Waals surface area contributed by atoms with Crippen molar-refractivity contribution in [3.63, 3.8) is 0 Å². The van der Waals surface area contributed by atoms with Crippen molar-refractivity contribution in [1.82, 2.24) is 4.98 Å². The summed E-state index contributed by atoms with van der Waals surface area (Å²) in [6, 6.07) is 10.9. The van der Waals surface area contributed by atoms with Crippen LogP contribution in [0.4, 0.5) is 0 Å². The number of carbonyl (C=O) groups is 1. The Kier molecular flexibility index (Phi) is 4.43. The minimum absolute atomic E-state index is 0.0404. The van der Waals surface area contributed by atoms with Gasteiger partial charge in [0.2, 0.25) is 5.89 Å². The molecule has 2 heterocycles. The lowest BCUT2D eigenvalue weighted by Gasteiger charge is -2.07. The van der Waals surface area contributed by atoms with Crippen molar-refractivity contribution in [2.45, 2.75) is 13.3 Å². The van der Waals surface area contributed by atoms with Gasteiger partial charge in [0.05, 0.1) is 24.1 Å². The molecule has 0 unspecified atom stereocenters. The Labute approximate surface area is 137 Å². The molecule has 0 aliphatic carbocycles. The Morgan fingerprint density at radius 2 is 2.00 bits per heavy atom. The summed E-state index contributed by atoms with van der Waals surface area (Å²) in [6.07, 6.45) is 0.0404. The van der Waals surface area contributed by atoms with E-state index in [9.17, 15) is 4.79 Å². The van der Waals surface area contributed by atoms with Crippen molar-refractivity contribution in [2.75, 3.05) is 7.11 Å². The van der Waals surface area contributed by atoms with Crippen LogP contribution in [0.25, 0.3) is 10.8 Å². The topological polar surface area (TPSA) is 61.6 Å². The zero-order chi connectivity index (χ0) is 16.2. The molecule has 0 aliphatic heterocycles. The highest BCUT2D eigenvalue weighted by Crippen LogP contribution is 2.28. The summed E-state index contributed by atoms with van der Waals surface area (Å²) in [4.78, 5) is 17.5. The number of hydrogen-bond donors (Lipinski definition) is 0. The van der Waals surface area contributed by atoms with E-state index in [4.69, 9.17) is 13.9 Å². The van der Waals surface area contributed by atoms with Crippen molar-refractivity contribution in [1.29, 1.82) is 0 Å². The van der Waals surface area contributed by atoms with Crippen molar-refractivity contribution in [2.24, 2.45) is 0 Å². The van der Waals surface area contributed by atoms with Gasteiger partial charge in [-0.1, -0.05) is 18.2 Å². The molecule has 3 aromatic rings. The van der Waals surface area contributed by atoms with Gasteiger partial charge in [-0.3, -0.25) is 4.79 Å². The minimum Gasteiger partial charge on any atom is -0.493 e. The van der Waals surface area contributed by atoms with Gasteiger partial charge < -0.3 is 13.9 Å². The first-order valence-electron chi connectivity index (χ1n) is 7.01. The number of ether oxygens (including phenoxy) is 2. The van der Waals surface area contributed by atoms with Gasteiger partial charge in [-0.2, -0.15) is 0 Å². The number of aromatic nitrogens is 1. The Bertz CT molecular complexity index is 808. The number of oxazole rings is 1. The number of esters is 1. The van der Waals surface area contributed by atoms with Crippen LogP contribution >= 0.6 is 11.3 Å². The fourth-order valence-corrected chi connectivity index (χ4v) is 2.75. The first-order valence-corrected chi connectivity index (χ1v) is 7.89. The van der Waals surface area contributed by atoms with Crippen LogP contribution in [-0.4, -0.2) is 18.1 Å². The van der Waals surface area contributed by atoms with Gasteiger partial charge in [-0.25, -0.2) is 4.98 Å². The summed E-state index contributed by atoms with van der Waals surface area (Å²) in [5.74, 6) is 1.63. The molecule has 0 aliphatic rings. The van der Waals surface area contributed by atoms with E-state index in [1.807, 2.05) is 23.6 Å². The largest absolute Gasteiger partial charge is 0.493 e. The normalized spacial score (nSPS) is 10.5. The van der Waals surface area contributed by atoms with Gasteiger partial charge in [-0.05, 0) is 30.5 Å². The smallest absolute Gasteiger partial charge is 0.317 e. The van der Waals surface area contributed by atoms with Crippen LogP contribution in [0, 0.1) is 6.92 Å². The van der Waals surface area contributed by atoms with Crippen LogP contribution in [0.1, 0.15) is 11.5 Å². The molecule has 0 radical (unpaired) electrons. The van der Waals surface area contributed by atoms with E-state index in [0.29, 0.717) is 28.8 Å². The molecule has 23 heavy (non-hydrogen) atoms. The Hall–Kier alpha value is -2.60. The summed E-state index contributed by atoms with van der Waals surface area (Å²) >= 11 is 1.54. The molecule has 0 saturated heterocycles. The molecule has 0 spiro atoms. The lowest BCUT2D eigenvalue weighted by atomic mass is 10.2. The second-order valence-corrected chi connectivity index (χ2v) is 5.75. The molecule has 0 saturated carbocycles. The summed E-state index contributed by atoms with van der Waals surface area (Å²) in [5.41, 5.74) is 0.577. The number of nitrogens with zero attached hydrogens (tertiary/aromatic N) is 1. The molecule has 2 aromatic heterocycles. The number of hydrogen-bond acceptors (Lipinski definition) is 6. The van der Waals surface area contributed by atoms with Crippen LogP contribution in [0.3, 0.4) is 0 Å². The first kappa shape index (κ1) is 15.3. The SMILES string of the molecule is COc1ccccc1OC(=O)Cc1nc(-c2cccs2)oc1C. The van der Waals surface area contributed by atoms with Crippen molar-refractivity contribution < 1.29 is 18.7 Å². The zero-order valence-electron chi connectivity index (χ0n) is 12.7. The van der Waals surface area contributed by atoms with Gasteiger partial charge in [0.1, 0.15) is 5.76 Å². The number of methoxy groups -OCH3 is 1. The molecule has 0 fully saturated rings. The summed E-state index contributed by atoms with van der Waals surface area (Å²) < 4.78 is 16.1. The molecule has 118 valence electrons. The summed E-state index contributed by atoms with van der Waals surface area (Å²) in [6.45, 7) is 1.79. The van der Waals surface area contributed by atoms with Gasteiger partial charge in [0.25, 0.3) is 0 Å². The highest BCUT2D eigenvalue weighted by molar-refractivity contribution is 7.13. The van der Waals surface area contributed by atoms with Crippen molar-refractivity contribution in [3.8, 4) is 22.3 Å². The molecule has 1 aromatic carbocycles. The number of aryl methyl sites for hydroxylation is 1. The molecule has 6 heteroatoms. The van der Waals surface area contributed by atoms with Crippen LogP contribution in [-0.2, 0) is 11.2 Å². The Morgan fingerprint density at radius 1 is 1.22 bits per heavy atom. The van der Waals surface area contributed by atoms with Gasteiger partial charge in [-0.15, -0.1) is 11.3 Å². The standard InChI is InChI=1S/C17H15NO4S/c1-11-12(18-17(21-11)15-8-5-9-23-15)10-16(19)22-14-7-4-3-6-13(14)20-2/h3-9H,10H2,1-2H3. The second-order valence-electron chi connectivity index (χ2n) is 4.80. The number of benzene rings is 1. The number of carbonyl (C=O) groups excluding carboxylic acids is 1. The van der Waals surface area contributed by atoms with Crippen LogP contribution < -0.4 is 9.47 Å². The van der Waals surface area contributed by atoms with Gasteiger partial charge >= 0.3 is 5.97 Å². The number of thiophene rings is 1. The lowest BCUT2D eigenvalue weighted by molar-refractivity contribution is -0.133. The fraction of sp³-hybridized carbons (Fsp3) is 0.176. The van der Waals surface area contributed by atoms with E-state index in [2.05, 4.69) is 4.98 Å². The molecule has 3 rings (SSSR count). The molecular weight excluding hydrogens is 314 g/mol. The monoisotopic (exact) mass is 329 g/mol. The average molecular weight is 329 g/mol. The predicted octanol–water partition coefficient (Wildman–Crippen LogP) is 3.87. The van der Waals surface area contributed by atoms with E-state index in [-0.39, 0.29) is 6.42 Å². The maximum absolute atomic E-state index is 12.1.